The fourth-order valence-corrected chi connectivity index (χ4v) is 5.07. The molecule has 0 unspecified atom stereocenters. The van der Waals surface area contributed by atoms with Crippen molar-refractivity contribution >= 4 is 50.6 Å². The first-order valence-electron chi connectivity index (χ1n) is 11.4. The van der Waals surface area contributed by atoms with E-state index in [-0.39, 0.29) is 5.91 Å². The van der Waals surface area contributed by atoms with E-state index in [9.17, 15) is 4.79 Å². The zero-order valence-corrected chi connectivity index (χ0v) is 20.8. The molecular weight excluding hydrogens is 484 g/mol. The second-order valence-corrected chi connectivity index (χ2v) is 9.35. The van der Waals surface area contributed by atoms with E-state index in [4.69, 9.17) is 21.1 Å². The van der Waals surface area contributed by atoms with Crippen molar-refractivity contribution in [3.63, 3.8) is 0 Å². The average Bonchev–Trinajstić information content (AvgIpc) is 3.28. The van der Waals surface area contributed by atoms with Gasteiger partial charge in [0.25, 0.3) is 0 Å². The number of nitrogens with zero attached hydrogens (tertiary/aromatic N) is 1. The van der Waals surface area contributed by atoms with Crippen LogP contribution in [0.25, 0.3) is 21.2 Å². The van der Waals surface area contributed by atoms with Crippen LogP contribution in [0.3, 0.4) is 0 Å². The Morgan fingerprint density at radius 3 is 2.74 bits per heavy atom. The number of hydrogen-bond acceptors (Lipinski definition) is 7. The van der Waals surface area contributed by atoms with Crippen molar-refractivity contribution in [3.8, 4) is 22.6 Å². The van der Waals surface area contributed by atoms with E-state index in [2.05, 4.69) is 38.5 Å². The molecule has 1 aliphatic rings. The lowest BCUT2D eigenvalue weighted by atomic mass is 10.0. The van der Waals surface area contributed by atoms with Gasteiger partial charge in [0.1, 0.15) is 13.2 Å². The van der Waals surface area contributed by atoms with Crippen LogP contribution in [0.15, 0.2) is 54.6 Å². The normalized spacial score (nSPS) is 12.5. The summed E-state index contributed by atoms with van der Waals surface area (Å²) < 4.78 is 17.2. The molecule has 0 saturated carbocycles. The minimum Gasteiger partial charge on any atom is -0.486 e. The Balaban J connectivity index is 1.32. The van der Waals surface area contributed by atoms with Gasteiger partial charge >= 0.3 is 0 Å². The molecule has 0 bridgehead atoms. The van der Waals surface area contributed by atoms with Crippen molar-refractivity contribution in [2.24, 2.45) is 0 Å². The number of benzene rings is 3. The third-order valence-corrected chi connectivity index (χ3v) is 6.85. The molecule has 0 aliphatic carbocycles. The highest BCUT2D eigenvalue weighted by Crippen LogP contribution is 2.40. The predicted octanol–water partition coefficient (Wildman–Crippen LogP) is 5.36. The van der Waals surface area contributed by atoms with Gasteiger partial charge in [-0.2, -0.15) is 4.37 Å². The maximum atomic E-state index is 10.9. The van der Waals surface area contributed by atoms with Crippen LogP contribution < -0.4 is 25.4 Å². The Labute approximate surface area is 212 Å². The Morgan fingerprint density at radius 1 is 1.06 bits per heavy atom. The Morgan fingerprint density at radius 2 is 1.91 bits per heavy atom. The number of amides is 1. The molecule has 0 atom stereocenters. The van der Waals surface area contributed by atoms with Gasteiger partial charge in [0.15, 0.2) is 17.3 Å². The van der Waals surface area contributed by atoms with E-state index >= 15 is 0 Å². The lowest BCUT2D eigenvalue weighted by Crippen LogP contribution is -2.29. The largest absolute Gasteiger partial charge is 0.486 e. The highest BCUT2D eigenvalue weighted by atomic mass is 35.5. The Kier molecular flexibility index (Phi) is 7.03. The van der Waals surface area contributed by atoms with Crippen LogP contribution in [0, 0.1) is 0 Å². The van der Waals surface area contributed by atoms with Crippen LogP contribution >= 0.6 is 23.1 Å². The van der Waals surface area contributed by atoms with Gasteiger partial charge in [0.05, 0.1) is 15.4 Å². The van der Waals surface area contributed by atoms with E-state index < -0.39 is 0 Å². The van der Waals surface area contributed by atoms with Crippen molar-refractivity contribution in [1.29, 1.82) is 0 Å². The molecule has 0 saturated heterocycles. The summed E-state index contributed by atoms with van der Waals surface area (Å²) in [4.78, 5) is 10.9. The maximum absolute atomic E-state index is 10.9. The summed E-state index contributed by atoms with van der Waals surface area (Å²) in [5, 5.41) is 11.1. The van der Waals surface area contributed by atoms with E-state index in [0.29, 0.717) is 37.9 Å². The highest BCUT2D eigenvalue weighted by molar-refractivity contribution is 7.14. The van der Waals surface area contributed by atoms with Crippen LogP contribution in [0.4, 0.5) is 11.5 Å². The number of anilines is 2. The summed E-state index contributed by atoms with van der Waals surface area (Å²) >= 11 is 8.03. The molecule has 3 aromatic carbocycles. The smallest absolute Gasteiger partial charge is 0.216 e. The quantitative estimate of drug-likeness (QED) is 0.278. The molecule has 4 aromatic rings. The van der Waals surface area contributed by atoms with E-state index in [0.717, 1.165) is 49.8 Å². The van der Waals surface area contributed by atoms with Gasteiger partial charge in [-0.05, 0) is 53.0 Å². The summed E-state index contributed by atoms with van der Waals surface area (Å²) in [6.07, 6.45) is 0. The van der Waals surface area contributed by atoms with Gasteiger partial charge in [-0.25, -0.2) is 0 Å². The first-order chi connectivity index (χ1) is 17.1. The summed E-state index contributed by atoms with van der Waals surface area (Å²) in [7, 11) is 0. The molecule has 1 amide bonds. The fraction of sp³-hybridized carbons (Fsp3) is 0.231. The molecule has 5 rings (SSSR count). The number of hydrogen-bond donors (Lipinski definition) is 3. The van der Waals surface area contributed by atoms with E-state index in [1.807, 2.05) is 36.4 Å². The standard InChI is InChI=1S/C26H25ClN4O3S/c1-16(32)29-10-9-28-15-17-5-7-22(21(27)13-17)30-26-20-4-2-3-19(25(20)35-31-26)18-6-8-23-24(14-18)34-12-11-33-23/h2-8,13-14,28H,9-12,15H2,1H3,(H,29,32)(H,30,31). The van der Waals surface area contributed by atoms with E-state index in [1.165, 1.54) is 18.5 Å². The molecule has 0 radical (unpaired) electrons. The second-order valence-electron chi connectivity index (χ2n) is 8.17. The molecule has 1 aliphatic heterocycles. The van der Waals surface area contributed by atoms with Gasteiger partial charge in [-0.3, -0.25) is 4.79 Å². The monoisotopic (exact) mass is 508 g/mol. The fourth-order valence-electron chi connectivity index (χ4n) is 3.95. The molecule has 3 N–H and O–H groups in total. The first-order valence-corrected chi connectivity index (χ1v) is 12.5. The number of carbonyl (C=O) groups is 1. The van der Waals surface area contributed by atoms with Gasteiger partial charge < -0.3 is 25.4 Å². The zero-order chi connectivity index (χ0) is 24.2. The van der Waals surface area contributed by atoms with Gasteiger partial charge in [-0.15, -0.1) is 0 Å². The van der Waals surface area contributed by atoms with Crippen LogP contribution in [-0.4, -0.2) is 36.6 Å². The van der Waals surface area contributed by atoms with Gasteiger partial charge in [0.2, 0.25) is 5.91 Å². The number of ether oxygens (including phenoxy) is 2. The lowest BCUT2D eigenvalue weighted by molar-refractivity contribution is -0.118. The molecule has 7 nitrogen and oxygen atoms in total. The van der Waals surface area contributed by atoms with Crippen molar-refractivity contribution in [2.75, 3.05) is 31.6 Å². The summed E-state index contributed by atoms with van der Waals surface area (Å²) in [6.45, 7) is 4.59. The van der Waals surface area contributed by atoms with Gasteiger partial charge in [-0.1, -0.05) is 35.9 Å². The zero-order valence-electron chi connectivity index (χ0n) is 19.2. The number of nitrogens with one attached hydrogen (secondary N) is 3. The molecule has 2 heterocycles. The molecular formula is C26H25ClN4O3S. The molecule has 0 fully saturated rings. The predicted molar refractivity (Wildman–Crippen MR) is 141 cm³/mol. The molecule has 1 aromatic heterocycles. The van der Waals surface area contributed by atoms with Crippen molar-refractivity contribution in [3.05, 3.63) is 65.2 Å². The second kappa shape index (κ2) is 10.5. The van der Waals surface area contributed by atoms with Crippen LogP contribution in [0.2, 0.25) is 5.02 Å². The lowest BCUT2D eigenvalue weighted by Gasteiger charge is -2.19. The Hall–Kier alpha value is -3.33. The number of aromatic nitrogens is 1. The van der Waals surface area contributed by atoms with E-state index in [1.54, 1.807) is 0 Å². The maximum Gasteiger partial charge on any atom is 0.216 e. The number of halogens is 1. The highest BCUT2D eigenvalue weighted by Gasteiger charge is 2.16. The summed E-state index contributed by atoms with van der Waals surface area (Å²) in [6, 6.07) is 18.1. The third-order valence-electron chi connectivity index (χ3n) is 5.64. The minimum atomic E-state index is -0.0294. The average molecular weight is 509 g/mol. The van der Waals surface area contributed by atoms with Crippen LogP contribution in [-0.2, 0) is 11.3 Å². The van der Waals surface area contributed by atoms with Crippen molar-refractivity contribution < 1.29 is 14.3 Å². The van der Waals surface area contributed by atoms with Gasteiger partial charge in [0, 0.05) is 37.5 Å². The summed E-state index contributed by atoms with van der Waals surface area (Å²) in [5.41, 5.74) is 4.01. The first kappa shape index (κ1) is 23.4. The van der Waals surface area contributed by atoms with Crippen molar-refractivity contribution in [1.82, 2.24) is 15.0 Å². The molecule has 0 spiro atoms. The minimum absolute atomic E-state index is 0.0294. The SMILES string of the molecule is CC(=O)NCCNCc1ccc(Nc2nsc3c(-c4ccc5c(c4)OCCO5)cccc23)c(Cl)c1. The third kappa shape index (κ3) is 5.35. The topological polar surface area (TPSA) is 84.5 Å². The molecule has 35 heavy (non-hydrogen) atoms. The van der Waals surface area contributed by atoms with Crippen LogP contribution in [0.5, 0.6) is 11.5 Å². The number of rotatable bonds is 8. The van der Waals surface area contributed by atoms with Crippen LogP contribution in [0.1, 0.15) is 12.5 Å². The summed E-state index contributed by atoms with van der Waals surface area (Å²) in [5.74, 6) is 2.29. The number of carbonyl (C=O) groups excluding carboxylic acids is 1. The molecule has 180 valence electrons. The molecule has 9 heteroatoms. The Bertz CT molecular complexity index is 1370. The number of fused-ring (bicyclic) bond motifs is 2. The van der Waals surface area contributed by atoms with Crippen molar-refractivity contribution in [2.45, 2.75) is 13.5 Å².